The Morgan fingerprint density at radius 3 is 2.14 bits per heavy atom. The second-order valence-electron chi connectivity index (χ2n) is 7.73. The van der Waals surface area contributed by atoms with Gasteiger partial charge in [-0.05, 0) is 47.2 Å². The normalized spacial score (nSPS) is 14.1. The van der Waals surface area contributed by atoms with Crippen molar-refractivity contribution in [2.24, 2.45) is 5.92 Å². The molecule has 0 bridgehead atoms. The van der Waals surface area contributed by atoms with Gasteiger partial charge in [-0.2, -0.15) is 11.3 Å². The van der Waals surface area contributed by atoms with Gasteiger partial charge in [-0.15, -0.1) is 33.2 Å². The number of carbonyl (C=O) groups is 1. The molecule has 1 aromatic rings. The number of aliphatic carboxylic acids is 1. The first-order valence-electron chi connectivity index (χ1n) is 10.7. The van der Waals surface area contributed by atoms with Crippen LogP contribution in [0.15, 0.2) is 16.8 Å². The zero-order valence-corrected chi connectivity index (χ0v) is 21.1. The Morgan fingerprint density at radius 2 is 1.61 bits per heavy atom. The molecule has 0 saturated heterocycles. The fraction of sp³-hybridized carbons (Fsp3) is 0.762. The van der Waals surface area contributed by atoms with Crippen molar-refractivity contribution < 1.29 is 9.90 Å². The topological polar surface area (TPSA) is 37.3 Å². The highest BCUT2D eigenvalue weighted by Crippen LogP contribution is 2.35. The second kappa shape index (κ2) is 15.1. The van der Waals surface area contributed by atoms with Crippen molar-refractivity contribution >= 4 is 56.5 Å². The van der Waals surface area contributed by atoms with Crippen molar-refractivity contribution in [3.05, 3.63) is 22.4 Å². The summed E-state index contributed by atoms with van der Waals surface area (Å²) < 4.78 is 0. The van der Waals surface area contributed by atoms with E-state index in [1.54, 1.807) is 11.3 Å². The fourth-order valence-corrected chi connectivity index (χ4v) is 6.35. The summed E-state index contributed by atoms with van der Waals surface area (Å²) in [5, 5.41) is 14.0. The van der Waals surface area contributed by atoms with Gasteiger partial charge < -0.3 is 5.11 Å². The van der Waals surface area contributed by atoms with E-state index < -0.39 is 12.0 Å². The van der Waals surface area contributed by atoms with Gasteiger partial charge in [-0.25, -0.2) is 0 Å². The molecule has 0 aliphatic carbocycles. The summed E-state index contributed by atoms with van der Waals surface area (Å²) in [5.41, 5.74) is 1.21. The second-order valence-corrected chi connectivity index (χ2v) is 17.8. The Morgan fingerprint density at radius 1 is 1.00 bits per heavy atom. The van der Waals surface area contributed by atoms with E-state index in [1.165, 1.54) is 24.8 Å². The van der Waals surface area contributed by atoms with Gasteiger partial charge in [0.1, 0.15) is 0 Å². The molecule has 1 N–H and O–H groups in total. The molecule has 0 aliphatic heterocycles. The summed E-state index contributed by atoms with van der Waals surface area (Å²) in [6.07, 6.45) is 12.9. The maximum Gasteiger partial charge on any atom is 0.341 e. The minimum Gasteiger partial charge on any atom is -0.481 e. The highest BCUT2D eigenvalue weighted by Gasteiger charge is 2.29. The fourth-order valence-electron chi connectivity index (χ4n) is 3.77. The van der Waals surface area contributed by atoms with Crippen LogP contribution in [0.4, 0.5) is 0 Å². The van der Waals surface area contributed by atoms with Gasteiger partial charge in [0, 0.05) is 0 Å². The highest BCUT2D eigenvalue weighted by atomic mass is 35.8. The van der Waals surface area contributed by atoms with E-state index in [4.69, 9.17) is 33.2 Å². The molecule has 0 fully saturated rings. The third kappa shape index (κ3) is 12.1. The summed E-state index contributed by atoms with van der Waals surface area (Å²) in [7, 11) is 0. The van der Waals surface area contributed by atoms with Gasteiger partial charge in [0.05, 0.1) is 5.92 Å². The lowest BCUT2D eigenvalue weighted by molar-refractivity contribution is -0.143. The number of rotatable bonds is 17. The first kappa shape index (κ1) is 26.3. The van der Waals surface area contributed by atoms with Crippen LogP contribution in [0.5, 0.6) is 0 Å². The van der Waals surface area contributed by atoms with Crippen LogP contribution in [-0.4, -0.2) is 17.1 Å². The van der Waals surface area contributed by atoms with E-state index >= 15 is 0 Å². The standard InChI is InChI=1S/C21H35Cl3O2SSi/c1-2-3-9-12-19(18-14-15-27-17-18)20(21(25)26)13-10-7-5-4-6-8-11-16-28(22,23)24/h14-15,17,19-20H,2-13,16H2,1H3,(H,25,26). The summed E-state index contributed by atoms with van der Waals surface area (Å²) in [4.78, 5) is 12.0. The molecule has 1 aromatic heterocycles. The quantitative estimate of drug-likeness (QED) is 0.136. The lowest BCUT2D eigenvalue weighted by atomic mass is 9.80. The first-order chi connectivity index (χ1) is 13.3. The van der Waals surface area contributed by atoms with Crippen LogP contribution < -0.4 is 0 Å². The molecule has 28 heavy (non-hydrogen) atoms. The molecule has 0 saturated carbocycles. The van der Waals surface area contributed by atoms with Crippen molar-refractivity contribution in [2.75, 3.05) is 0 Å². The van der Waals surface area contributed by atoms with Crippen molar-refractivity contribution in [2.45, 2.75) is 95.9 Å². The van der Waals surface area contributed by atoms with E-state index in [9.17, 15) is 9.90 Å². The van der Waals surface area contributed by atoms with Gasteiger partial charge in [-0.1, -0.05) is 71.1 Å². The summed E-state index contributed by atoms with van der Waals surface area (Å²) in [5.74, 6) is -0.745. The van der Waals surface area contributed by atoms with Crippen molar-refractivity contribution in [3.8, 4) is 0 Å². The molecule has 2 nitrogen and oxygen atoms in total. The Kier molecular flexibility index (Phi) is 14.2. The number of hydrogen-bond donors (Lipinski definition) is 1. The van der Waals surface area contributed by atoms with Gasteiger partial charge in [0.15, 0.2) is 0 Å². The molecule has 2 unspecified atom stereocenters. The maximum atomic E-state index is 12.0. The molecule has 1 heterocycles. The van der Waals surface area contributed by atoms with Crippen molar-refractivity contribution in [1.82, 2.24) is 0 Å². The van der Waals surface area contributed by atoms with Crippen LogP contribution in [0.1, 0.15) is 95.5 Å². The van der Waals surface area contributed by atoms with Crippen LogP contribution in [0, 0.1) is 5.92 Å². The number of thiophene rings is 1. The third-order valence-corrected chi connectivity index (χ3v) is 8.69. The summed E-state index contributed by atoms with van der Waals surface area (Å²) in [6, 6.07) is 0.412. The van der Waals surface area contributed by atoms with Crippen LogP contribution in [0.25, 0.3) is 0 Å². The van der Waals surface area contributed by atoms with Gasteiger partial charge >= 0.3 is 12.0 Å². The van der Waals surface area contributed by atoms with Crippen molar-refractivity contribution in [1.29, 1.82) is 0 Å². The Bertz CT molecular complexity index is 520. The molecular weight excluding hydrogens is 451 g/mol. The van der Waals surface area contributed by atoms with Crippen LogP contribution in [0.3, 0.4) is 0 Å². The highest BCUT2D eigenvalue weighted by molar-refractivity contribution is 7.64. The first-order valence-corrected chi connectivity index (χ1v) is 16.9. The number of carboxylic acid groups (broad SMARTS) is 1. The monoisotopic (exact) mass is 484 g/mol. The van der Waals surface area contributed by atoms with E-state index in [1.807, 2.05) is 0 Å². The zero-order chi connectivity index (χ0) is 20.8. The average Bonchev–Trinajstić information content (AvgIpc) is 3.14. The molecule has 0 amide bonds. The van der Waals surface area contributed by atoms with E-state index in [0.717, 1.165) is 63.8 Å². The number of carboxylic acids is 1. The molecule has 162 valence electrons. The summed E-state index contributed by atoms with van der Waals surface area (Å²) >= 11 is 19.3. The average molecular weight is 486 g/mol. The minimum absolute atomic E-state index is 0.154. The third-order valence-electron chi connectivity index (χ3n) is 5.37. The molecule has 0 spiro atoms. The Hall–Kier alpha value is 0.257. The van der Waals surface area contributed by atoms with E-state index in [2.05, 4.69) is 23.8 Å². The zero-order valence-electron chi connectivity index (χ0n) is 17.0. The SMILES string of the molecule is CCCCCC(c1ccsc1)C(CCCCCCCCC[Si](Cl)(Cl)Cl)C(=O)O. The van der Waals surface area contributed by atoms with Gasteiger partial charge in [0.2, 0.25) is 0 Å². The van der Waals surface area contributed by atoms with Crippen LogP contribution in [-0.2, 0) is 4.79 Å². The summed E-state index contributed by atoms with van der Waals surface area (Å²) in [6.45, 7) is 2.19. The molecular formula is C21H35Cl3O2SSi. The Labute approximate surface area is 190 Å². The molecule has 0 aromatic carbocycles. The van der Waals surface area contributed by atoms with Gasteiger partial charge in [0.25, 0.3) is 0 Å². The van der Waals surface area contributed by atoms with E-state index in [0.29, 0.717) is 0 Å². The number of hydrogen-bond acceptors (Lipinski definition) is 2. The largest absolute Gasteiger partial charge is 0.481 e. The Balaban J connectivity index is 2.33. The smallest absolute Gasteiger partial charge is 0.341 e. The molecule has 1 rings (SSSR count). The number of halogens is 3. The number of unbranched alkanes of at least 4 members (excludes halogenated alkanes) is 8. The van der Waals surface area contributed by atoms with Crippen LogP contribution >= 0.6 is 44.6 Å². The van der Waals surface area contributed by atoms with E-state index in [-0.39, 0.29) is 11.8 Å². The lowest BCUT2D eigenvalue weighted by Crippen LogP contribution is -2.22. The minimum atomic E-state index is -2.45. The molecule has 2 atom stereocenters. The lowest BCUT2D eigenvalue weighted by Gasteiger charge is -2.23. The predicted molar refractivity (Wildman–Crippen MR) is 127 cm³/mol. The van der Waals surface area contributed by atoms with Crippen molar-refractivity contribution in [3.63, 3.8) is 0 Å². The van der Waals surface area contributed by atoms with Gasteiger partial charge in [-0.3, -0.25) is 4.79 Å². The predicted octanol–water partition coefficient (Wildman–Crippen LogP) is 8.89. The maximum absolute atomic E-state index is 12.0. The van der Waals surface area contributed by atoms with Crippen LogP contribution in [0.2, 0.25) is 6.04 Å². The molecule has 0 aliphatic rings. The molecule has 0 radical (unpaired) electrons. The molecule has 7 heteroatoms.